The van der Waals surface area contributed by atoms with Crippen LogP contribution in [-0.4, -0.2) is 9.55 Å². The van der Waals surface area contributed by atoms with E-state index in [1.54, 1.807) is 0 Å². The molecule has 0 bridgehead atoms. The van der Waals surface area contributed by atoms with E-state index in [0.29, 0.717) is 5.82 Å². The number of aryl methyl sites for hydroxylation is 1. The number of hydrogen-bond acceptors (Lipinski definition) is 2. The molecule has 68 valence electrons. The van der Waals surface area contributed by atoms with Crippen LogP contribution in [0.25, 0.3) is 0 Å². The first-order valence-electron chi connectivity index (χ1n) is 4.05. The first kappa shape index (κ1) is 9.39. The van der Waals surface area contributed by atoms with Gasteiger partial charge in [0, 0.05) is 12.7 Å². The molecule has 0 amide bonds. The molecule has 4 heteroatoms. The van der Waals surface area contributed by atoms with Gasteiger partial charge in [0.15, 0.2) is 0 Å². The molecular formula is C8H14ClN3. The molecule has 0 unspecified atom stereocenters. The van der Waals surface area contributed by atoms with Crippen LogP contribution in [0.4, 0.5) is 5.82 Å². The molecule has 1 aromatic heterocycles. The van der Waals surface area contributed by atoms with Gasteiger partial charge in [-0.05, 0) is 25.7 Å². The Morgan fingerprint density at radius 2 is 2.33 bits per heavy atom. The topological polar surface area (TPSA) is 43.8 Å². The maximum Gasteiger partial charge on any atom is 0.141 e. The molecule has 1 heterocycles. The van der Waals surface area contributed by atoms with Gasteiger partial charge in [-0.1, -0.05) is 0 Å². The van der Waals surface area contributed by atoms with Crippen LogP contribution in [0.3, 0.4) is 0 Å². The fraction of sp³-hybridized carbons (Fsp3) is 0.625. The third-order valence-corrected chi connectivity index (χ3v) is 2.15. The zero-order chi connectivity index (χ0) is 7.84. The maximum atomic E-state index is 5.54. The quantitative estimate of drug-likeness (QED) is 0.765. The average Bonchev–Trinajstić information content (AvgIpc) is 2.64. The molecule has 1 aliphatic carbocycles. The van der Waals surface area contributed by atoms with Gasteiger partial charge in [-0.15, -0.1) is 12.4 Å². The fourth-order valence-corrected chi connectivity index (χ4v) is 1.30. The summed E-state index contributed by atoms with van der Waals surface area (Å²) in [6.45, 7) is 3.11. The number of nitrogens with zero attached hydrogens (tertiary/aromatic N) is 2. The lowest BCUT2D eigenvalue weighted by Crippen LogP contribution is -2.00. The van der Waals surface area contributed by atoms with E-state index in [1.165, 1.54) is 12.8 Å². The zero-order valence-corrected chi connectivity index (χ0v) is 7.97. The van der Waals surface area contributed by atoms with Gasteiger partial charge < -0.3 is 10.3 Å². The van der Waals surface area contributed by atoms with E-state index in [-0.39, 0.29) is 12.4 Å². The Hall–Kier alpha value is -0.700. The maximum absolute atomic E-state index is 5.54. The minimum Gasteiger partial charge on any atom is -0.382 e. The van der Waals surface area contributed by atoms with Crippen molar-refractivity contribution in [3.63, 3.8) is 0 Å². The third-order valence-electron chi connectivity index (χ3n) is 2.15. The van der Waals surface area contributed by atoms with E-state index < -0.39 is 0 Å². The Morgan fingerprint density at radius 3 is 2.75 bits per heavy atom. The summed E-state index contributed by atoms with van der Waals surface area (Å²) in [5.41, 5.74) is 5.54. The predicted octanol–water partition coefficient (Wildman–Crippen LogP) is 1.61. The van der Waals surface area contributed by atoms with Gasteiger partial charge in [0.2, 0.25) is 0 Å². The monoisotopic (exact) mass is 187 g/mol. The van der Waals surface area contributed by atoms with Crippen molar-refractivity contribution in [2.45, 2.75) is 26.3 Å². The molecule has 0 saturated heterocycles. The lowest BCUT2D eigenvalue weighted by molar-refractivity contribution is 0.610. The van der Waals surface area contributed by atoms with Crippen molar-refractivity contribution >= 4 is 18.2 Å². The Bertz CT molecular complexity index is 265. The predicted molar refractivity (Wildman–Crippen MR) is 51.3 cm³/mol. The Labute approximate surface area is 78.4 Å². The van der Waals surface area contributed by atoms with E-state index in [9.17, 15) is 0 Å². The highest BCUT2D eigenvalue weighted by Gasteiger charge is 2.22. The number of halogens is 1. The van der Waals surface area contributed by atoms with Crippen molar-refractivity contribution in [3.8, 4) is 0 Å². The normalized spacial score (nSPS) is 15.8. The molecule has 2 rings (SSSR count). The second-order valence-electron chi connectivity index (χ2n) is 3.31. The summed E-state index contributed by atoms with van der Waals surface area (Å²) >= 11 is 0. The number of nitrogens with two attached hydrogens (primary N) is 1. The number of nitrogen functional groups attached to an aromatic ring is 1. The fourth-order valence-electron chi connectivity index (χ4n) is 1.30. The molecular weight excluding hydrogens is 174 g/mol. The Morgan fingerprint density at radius 1 is 1.67 bits per heavy atom. The van der Waals surface area contributed by atoms with Gasteiger partial charge in [-0.2, -0.15) is 0 Å². The molecule has 1 fully saturated rings. The molecule has 2 N–H and O–H groups in total. The summed E-state index contributed by atoms with van der Waals surface area (Å²) in [6.07, 6.45) is 4.67. The number of imidazole rings is 1. The van der Waals surface area contributed by atoms with Crippen LogP contribution in [-0.2, 0) is 6.54 Å². The van der Waals surface area contributed by atoms with E-state index in [2.05, 4.69) is 9.55 Å². The second-order valence-corrected chi connectivity index (χ2v) is 3.31. The molecule has 3 nitrogen and oxygen atoms in total. The standard InChI is InChI=1S/C8H13N3.ClH/c1-6-10-8(9)5-11(6)4-7-2-3-7;/h5,7H,2-4,9H2,1H3;1H. The van der Waals surface area contributed by atoms with Crippen LogP contribution in [0.2, 0.25) is 0 Å². The SMILES string of the molecule is Cc1nc(N)cn1CC1CC1.Cl. The first-order chi connectivity index (χ1) is 5.25. The number of rotatable bonds is 2. The highest BCUT2D eigenvalue weighted by Crippen LogP contribution is 2.31. The Balaban J connectivity index is 0.000000720. The summed E-state index contributed by atoms with van der Waals surface area (Å²) < 4.78 is 2.15. The van der Waals surface area contributed by atoms with Crippen LogP contribution >= 0.6 is 12.4 Å². The molecule has 0 aliphatic heterocycles. The van der Waals surface area contributed by atoms with Gasteiger partial charge in [-0.25, -0.2) is 4.98 Å². The largest absolute Gasteiger partial charge is 0.382 e. The van der Waals surface area contributed by atoms with Crippen molar-refractivity contribution in [1.29, 1.82) is 0 Å². The average molecular weight is 188 g/mol. The third kappa shape index (κ3) is 1.91. The van der Waals surface area contributed by atoms with Gasteiger partial charge in [0.1, 0.15) is 11.6 Å². The highest BCUT2D eigenvalue weighted by molar-refractivity contribution is 5.85. The van der Waals surface area contributed by atoms with Crippen molar-refractivity contribution in [3.05, 3.63) is 12.0 Å². The molecule has 1 aromatic rings. The van der Waals surface area contributed by atoms with E-state index >= 15 is 0 Å². The van der Waals surface area contributed by atoms with Crippen LogP contribution in [0.15, 0.2) is 6.20 Å². The van der Waals surface area contributed by atoms with Gasteiger partial charge in [0.25, 0.3) is 0 Å². The summed E-state index contributed by atoms with van der Waals surface area (Å²) in [4.78, 5) is 4.13. The van der Waals surface area contributed by atoms with Crippen LogP contribution < -0.4 is 5.73 Å². The lowest BCUT2D eigenvalue weighted by Gasteiger charge is -2.00. The minimum absolute atomic E-state index is 0. The number of anilines is 1. The molecule has 0 aromatic carbocycles. The molecule has 1 aliphatic rings. The van der Waals surface area contributed by atoms with Crippen molar-refractivity contribution in [2.24, 2.45) is 5.92 Å². The van der Waals surface area contributed by atoms with Gasteiger partial charge in [-0.3, -0.25) is 0 Å². The summed E-state index contributed by atoms with van der Waals surface area (Å²) in [5.74, 6) is 2.57. The zero-order valence-electron chi connectivity index (χ0n) is 7.16. The van der Waals surface area contributed by atoms with E-state index in [0.717, 1.165) is 18.3 Å². The summed E-state index contributed by atoms with van der Waals surface area (Å²) in [6, 6.07) is 0. The van der Waals surface area contributed by atoms with E-state index in [4.69, 9.17) is 5.73 Å². The lowest BCUT2D eigenvalue weighted by atomic mass is 10.4. The van der Waals surface area contributed by atoms with Gasteiger partial charge >= 0.3 is 0 Å². The smallest absolute Gasteiger partial charge is 0.141 e. The highest BCUT2D eigenvalue weighted by atomic mass is 35.5. The molecule has 0 radical (unpaired) electrons. The van der Waals surface area contributed by atoms with Crippen LogP contribution in [0.1, 0.15) is 18.7 Å². The van der Waals surface area contributed by atoms with Crippen molar-refractivity contribution < 1.29 is 0 Å². The number of aromatic nitrogens is 2. The van der Waals surface area contributed by atoms with Crippen LogP contribution in [0.5, 0.6) is 0 Å². The van der Waals surface area contributed by atoms with Crippen molar-refractivity contribution in [2.75, 3.05) is 5.73 Å². The number of hydrogen-bond donors (Lipinski definition) is 1. The summed E-state index contributed by atoms with van der Waals surface area (Å²) in [5, 5.41) is 0. The summed E-state index contributed by atoms with van der Waals surface area (Å²) in [7, 11) is 0. The van der Waals surface area contributed by atoms with Crippen molar-refractivity contribution in [1.82, 2.24) is 9.55 Å². The minimum atomic E-state index is 0. The second kappa shape index (κ2) is 3.35. The molecule has 12 heavy (non-hydrogen) atoms. The molecule has 0 atom stereocenters. The van der Waals surface area contributed by atoms with E-state index in [1.807, 2.05) is 13.1 Å². The molecule has 1 saturated carbocycles. The molecule has 0 spiro atoms. The van der Waals surface area contributed by atoms with Crippen LogP contribution in [0, 0.1) is 12.8 Å². The van der Waals surface area contributed by atoms with Gasteiger partial charge in [0.05, 0.1) is 0 Å². The Kier molecular flexibility index (Phi) is 2.62. The first-order valence-corrected chi connectivity index (χ1v) is 4.05.